The van der Waals surface area contributed by atoms with E-state index < -0.39 is 5.54 Å². The Morgan fingerprint density at radius 1 is 1.17 bits per heavy atom. The summed E-state index contributed by atoms with van der Waals surface area (Å²) in [5.41, 5.74) is 1.13. The van der Waals surface area contributed by atoms with Crippen molar-refractivity contribution in [3.8, 4) is 11.5 Å². The van der Waals surface area contributed by atoms with E-state index in [4.69, 9.17) is 14.2 Å². The molecule has 1 fully saturated rings. The molecule has 0 saturated carbocycles. The van der Waals surface area contributed by atoms with Crippen LogP contribution in [0.15, 0.2) is 48.5 Å². The zero-order valence-electron chi connectivity index (χ0n) is 20.4. The number of hydrogen-bond donors (Lipinski definition) is 1. The van der Waals surface area contributed by atoms with Crippen LogP contribution < -0.4 is 14.8 Å². The molecule has 0 spiro atoms. The molecule has 0 bridgehead atoms. The van der Waals surface area contributed by atoms with Crippen molar-refractivity contribution in [1.82, 2.24) is 14.8 Å². The molecule has 35 heavy (non-hydrogen) atoms. The van der Waals surface area contributed by atoms with Crippen molar-refractivity contribution in [3.63, 3.8) is 0 Å². The third kappa shape index (κ3) is 4.12. The third-order valence-corrected chi connectivity index (χ3v) is 7.16. The van der Waals surface area contributed by atoms with Gasteiger partial charge in [-0.25, -0.2) is 0 Å². The Morgan fingerprint density at radius 3 is 2.74 bits per heavy atom. The number of fused-ring (bicyclic) bond motifs is 3. The van der Waals surface area contributed by atoms with Crippen LogP contribution in [0.5, 0.6) is 11.5 Å². The molecule has 0 aliphatic carbocycles. The lowest BCUT2D eigenvalue weighted by molar-refractivity contribution is -0.133. The monoisotopic (exact) mass is 477 g/mol. The van der Waals surface area contributed by atoms with E-state index in [1.165, 1.54) is 0 Å². The molecule has 1 aromatic heterocycles. The van der Waals surface area contributed by atoms with E-state index in [1.54, 1.807) is 19.1 Å². The lowest BCUT2D eigenvalue weighted by Gasteiger charge is -2.44. The molecule has 2 aromatic carbocycles. The van der Waals surface area contributed by atoms with Gasteiger partial charge in [-0.2, -0.15) is 0 Å². The van der Waals surface area contributed by atoms with Crippen LogP contribution >= 0.6 is 0 Å². The highest BCUT2D eigenvalue weighted by Gasteiger charge is 2.48. The van der Waals surface area contributed by atoms with Crippen molar-refractivity contribution in [2.75, 3.05) is 27.4 Å². The van der Waals surface area contributed by atoms with Crippen LogP contribution in [-0.4, -0.2) is 60.3 Å². The Bertz CT molecular complexity index is 1260. The van der Waals surface area contributed by atoms with Gasteiger partial charge < -0.3 is 29.0 Å². The van der Waals surface area contributed by atoms with Crippen molar-refractivity contribution in [1.29, 1.82) is 0 Å². The number of rotatable bonds is 7. The summed E-state index contributed by atoms with van der Waals surface area (Å²) in [5.74, 6) is 0.976. The largest absolute Gasteiger partial charge is 0.497 e. The zero-order chi connectivity index (χ0) is 24.6. The molecule has 5 rings (SSSR count). The first kappa shape index (κ1) is 23.2. The normalized spacial score (nSPS) is 21.7. The summed E-state index contributed by atoms with van der Waals surface area (Å²) in [7, 11) is 3.22. The van der Waals surface area contributed by atoms with Gasteiger partial charge in [0.25, 0.3) is 5.91 Å². The van der Waals surface area contributed by atoms with E-state index in [2.05, 4.69) is 5.32 Å². The zero-order valence-corrected chi connectivity index (χ0v) is 20.4. The van der Waals surface area contributed by atoms with Crippen LogP contribution in [0.2, 0.25) is 0 Å². The fraction of sp³-hybridized carbons (Fsp3) is 0.407. The van der Waals surface area contributed by atoms with Gasteiger partial charge in [0.2, 0.25) is 5.91 Å². The Morgan fingerprint density at radius 2 is 2.00 bits per heavy atom. The minimum atomic E-state index is -1.13. The molecule has 0 radical (unpaired) electrons. The van der Waals surface area contributed by atoms with E-state index in [1.807, 2.05) is 60.0 Å². The van der Waals surface area contributed by atoms with E-state index in [0.717, 1.165) is 35.9 Å². The number of ether oxygens (including phenoxy) is 3. The van der Waals surface area contributed by atoms with Gasteiger partial charge in [-0.1, -0.05) is 18.2 Å². The molecule has 3 heterocycles. The Labute approximate surface area is 204 Å². The van der Waals surface area contributed by atoms with E-state index in [0.29, 0.717) is 30.3 Å². The number of carbonyl (C=O) groups is 2. The maximum atomic E-state index is 14.0. The standard InChI is InChI=1S/C27H31N3O5/c1-27(26(32)28-15-21-8-6-12-35-21)17-29-22-14-20(33-2)11-10-18(22)13-23(29)25(31)30(27)16-19-7-4-5-9-24(19)34-3/h4-5,7,9-11,13-14,21H,6,8,12,15-17H2,1-3H3,(H,28,32)/t21-,27+/m0/s1. The average Bonchev–Trinajstić information content (AvgIpc) is 3.53. The molecule has 3 aromatic rings. The van der Waals surface area contributed by atoms with E-state index in [-0.39, 0.29) is 24.5 Å². The van der Waals surface area contributed by atoms with Gasteiger partial charge in [-0.15, -0.1) is 0 Å². The average molecular weight is 478 g/mol. The van der Waals surface area contributed by atoms with E-state index >= 15 is 0 Å². The first-order valence-electron chi connectivity index (χ1n) is 12.0. The number of nitrogens with one attached hydrogen (secondary N) is 1. The topological polar surface area (TPSA) is 82.0 Å². The number of hydrogen-bond acceptors (Lipinski definition) is 5. The summed E-state index contributed by atoms with van der Waals surface area (Å²) in [6.45, 7) is 3.55. The first-order valence-corrected chi connectivity index (χ1v) is 12.0. The lowest BCUT2D eigenvalue weighted by Crippen LogP contribution is -2.64. The van der Waals surface area contributed by atoms with Crippen LogP contribution in [0.25, 0.3) is 10.9 Å². The first-order chi connectivity index (χ1) is 16.9. The Balaban J connectivity index is 1.55. The summed E-state index contributed by atoms with van der Waals surface area (Å²) >= 11 is 0. The number of benzene rings is 2. The van der Waals surface area contributed by atoms with Crippen molar-refractivity contribution in [3.05, 3.63) is 59.8 Å². The summed E-state index contributed by atoms with van der Waals surface area (Å²) < 4.78 is 18.6. The van der Waals surface area contributed by atoms with Crippen LogP contribution in [0.3, 0.4) is 0 Å². The van der Waals surface area contributed by atoms with Gasteiger partial charge in [0.15, 0.2) is 0 Å². The fourth-order valence-electron chi connectivity index (χ4n) is 5.11. The lowest BCUT2D eigenvalue weighted by atomic mass is 9.93. The third-order valence-electron chi connectivity index (χ3n) is 7.16. The highest BCUT2D eigenvalue weighted by Crippen LogP contribution is 2.35. The number of aromatic nitrogens is 1. The molecule has 1 N–H and O–H groups in total. The van der Waals surface area contributed by atoms with Gasteiger partial charge in [0.1, 0.15) is 22.7 Å². The molecule has 0 unspecified atom stereocenters. The highest BCUT2D eigenvalue weighted by molar-refractivity contribution is 6.03. The molecule has 1 saturated heterocycles. The molecule has 2 aliphatic rings. The van der Waals surface area contributed by atoms with Crippen LogP contribution in [0.1, 0.15) is 35.8 Å². The number of para-hydroxylation sites is 1. The highest BCUT2D eigenvalue weighted by atomic mass is 16.5. The van der Waals surface area contributed by atoms with Crippen molar-refractivity contribution < 1.29 is 23.8 Å². The molecular formula is C27H31N3O5. The quantitative estimate of drug-likeness (QED) is 0.564. The predicted molar refractivity (Wildman–Crippen MR) is 132 cm³/mol. The minimum Gasteiger partial charge on any atom is -0.497 e. The molecule has 2 amide bonds. The summed E-state index contributed by atoms with van der Waals surface area (Å²) in [4.78, 5) is 29.4. The fourth-order valence-corrected chi connectivity index (χ4v) is 5.11. The number of carbonyl (C=O) groups excluding carboxylic acids is 2. The van der Waals surface area contributed by atoms with Crippen LogP contribution in [-0.2, 0) is 22.6 Å². The second-order valence-corrected chi connectivity index (χ2v) is 9.36. The van der Waals surface area contributed by atoms with Crippen LogP contribution in [0.4, 0.5) is 0 Å². The molecular weight excluding hydrogens is 446 g/mol. The summed E-state index contributed by atoms with van der Waals surface area (Å²) in [6.07, 6.45) is 1.93. The Hall–Kier alpha value is -3.52. The second kappa shape index (κ2) is 9.26. The van der Waals surface area contributed by atoms with Crippen molar-refractivity contribution in [2.45, 2.75) is 44.5 Å². The number of methoxy groups -OCH3 is 2. The van der Waals surface area contributed by atoms with Gasteiger partial charge in [0.05, 0.1) is 38.9 Å². The van der Waals surface area contributed by atoms with Crippen molar-refractivity contribution in [2.24, 2.45) is 0 Å². The summed E-state index contributed by atoms with van der Waals surface area (Å²) in [5, 5.41) is 3.99. The van der Waals surface area contributed by atoms with Gasteiger partial charge in [-0.3, -0.25) is 9.59 Å². The summed E-state index contributed by atoms with van der Waals surface area (Å²) in [6, 6.07) is 15.2. The maximum absolute atomic E-state index is 14.0. The SMILES string of the molecule is COc1ccc2cc3n(c2c1)C[C@](C)(C(=O)NC[C@@H]1CCCO1)N(Cc1ccccc1OC)C3=O. The molecule has 2 atom stereocenters. The Kier molecular flexibility index (Phi) is 6.15. The van der Waals surface area contributed by atoms with Crippen molar-refractivity contribution >= 4 is 22.7 Å². The van der Waals surface area contributed by atoms with Gasteiger partial charge in [-0.05, 0) is 44.0 Å². The second-order valence-electron chi connectivity index (χ2n) is 9.36. The molecule has 184 valence electrons. The number of nitrogens with zero attached hydrogens (tertiary/aromatic N) is 2. The number of amides is 2. The molecule has 2 aliphatic heterocycles. The van der Waals surface area contributed by atoms with E-state index in [9.17, 15) is 9.59 Å². The van der Waals surface area contributed by atoms with Gasteiger partial charge >= 0.3 is 0 Å². The van der Waals surface area contributed by atoms with Crippen LogP contribution in [0, 0.1) is 0 Å². The predicted octanol–water partition coefficient (Wildman–Crippen LogP) is 3.37. The molecule has 8 nitrogen and oxygen atoms in total. The maximum Gasteiger partial charge on any atom is 0.271 e. The smallest absolute Gasteiger partial charge is 0.271 e. The minimum absolute atomic E-state index is 0.0109. The molecule has 8 heteroatoms. The van der Waals surface area contributed by atoms with Gasteiger partial charge in [0, 0.05) is 30.2 Å².